The van der Waals surface area contributed by atoms with Crippen LogP contribution in [-0.2, 0) is 9.53 Å². The molecule has 2 rings (SSSR count). The molecule has 1 N–H and O–H groups in total. The van der Waals surface area contributed by atoms with Crippen molar-refractivity contribution in [3.63, 3.8) is 0 Å². The van der Waals surface area contributed by atoms with E-state index in [9.17, 15) is 9.18 Å². The van der Waals surface area contributed by atoms with Gasteiger partial charge in [0, 0.05) is 6.42 Å². The number of carbonyl (C=O) groups is 1. The predicted molar refractivity (Wildman–Crippen MR) is 63.9 cm³/mol. The van der Waals surface area contributed by atoms with E-state index in [4.69, 9.17) is 9.47 Å². The molecular weight excluding hydrogens is 237 g/mol. The molecule has 18 heavy (non-hydrogen) atoms. The van der Waals surface area contributed by atoms with Gasteiger partial charge in [-0.2, -0.15) is 0 Å². The number of carbonyl (C=O) groups excluding carboxylic acids is 1. The fourth-order valence-corrected chi connectivity index (χ4v) is 1.57. The van der Waals surface area contributed by atoms with Crippen LogP contribution in [0.3, 0.4) is 0 Å². The van der Waals surface area contributed by atoms with Crippen molar-refractivity contribution >= 4 is 5.91 Å². The van der Waals surface area contributed by atoms with Crippen LogP contribution in [0.15, 0.2) is 24.3 Å². The van der Waals surface area contributed by atoms with E-state index in [2.05, 4.69) is 5.32 Å². The van der Waals surface area contributed by atoms with Gasteiger partial charge in [-0.05, 0) is 30.7 Å². The van der Waals surface area contributed by atoms with Gasteiger partial charge in [-0.1, -0.05) is 0 Å². The third-order valence-electron chi connectivity index (χ3n) is 2.63. The van der Waals surface area contributed by atoms with Crippen LogP contribution in [0.1, 0.15) is 12.8 Å². The maximum absolute atomic E-state index is 12.6. The van der Waals surface area contributed by atoms with Crippen molar-refractivity contribution in [1.82, 2.24) is 5.32 Å². The fraction of sp³-hybridized carbons (Fsp3) is 0.462. The number of hydrogen-bond donors (Lipinski definition) is 1. The first-order chi connectivity index (χ1) is 8.74. The molecule has 1 heterocycles. The largest absolute Gasteiger partial charge is 0.494 e. The molecule has 0 saturated carbocycles. The average Bonchev–Trinajstić information content (AvgIpc) is 2.32. The lowest BCUT2D eigenvalue weighted by atomic mass is 10.2. The maximum atomic E-state index is 12.6. The quantitative estimate of drug-likeness (QED) is 0.781. The Morgan fingerprint density at radius 1 is 1.39 bits per heavy atom. The molecule has 1 amide bonds. The molecule has 1 aromatic carbocycles. The Labute approximate surface area is 105 Å². The molecule has 0 unspecified atom stereocenters. The van der Waals surface area contributed by atoms with Crippen molar-refractivity contribution in [2.45, 2.75) is 18.9 Å². The molecule has 0 aromatic heterocycles. The van der Waals surface area contributed by atoms with Gasteiger partial charge < -0.3 is 14.8 Å². The highest BCUT2D eigenvalue weighted by Gasteiger charge is 2.19. The first-order valence-corrected chi connectivity index (χ1v) is 5.99. The Kier molecular flexibility index (Phi) is 4.52. The van der Waals surface area contributed by atoms with Crippen LogP contribution < -0.4 is 10.1 Å². The monoisotopic (exact) mass is 253 g/mol. The van der Waals surface area contributed by atoms with Crippen LogP contribution >= 0.6 is 0 Å². The Hall–Kier alpha value is -1.62. The van der Waals surface area contributed by atoms with E-state index in [0.717, 1.165) is 0 Å². The summed E-state index contributed by atoms with van der Waals surface area (Å²) in [5.74, 6) is 0.347. The van der Waals surface area contributed by atoms with E-state index in [-0.39, 0.29) is 17.8 Å². The molecule has 1 fully saturated rings. The molecular formula is C13H16FNO3. The highest BCUT2D eigenvalue weighted by atomic mass is 19.1. The van der Waals surface area contributed by atoms with Crippen molar-refractivity contribution in [1.29, 1.82) is 0 Å². The normalized spacial score (nSPS) is 14.9. The van der Waals surface area contributed by atoms with Crippen LogP contribution in [0.5, 0.6) is 5.75 Å². The molecule has 0 aliphatic carbocycles. The molecule has 1 aromatic rings. The van der Waals surface area contributed by atoms with Crippen molar-refractivity contribution < 1.29 is 18.7 Å². The zero-order chi connectivity index (χ0) is 12.8. The summed E-state index contributed by atoms with van der Waals surface area (Å²) in [7, 11) is 0. The highest BCUT2D eigenvalue weighted by molar-refractivity contribution is 5.76. The standard InChI is InChI=1S/C13H16FNO3/c14-10-3-5-12(6-4-10)18-7-1-2-13(16)15-11-8-17-9-11/h3-6,11H,1-2,7-9H2,(H,15,16). The summed E-state index contributed by atoms with van der Waals surface area (Å²) in [6.45, 7) is 1.66. The lowest BCUT2D eigenvalue weighted by molar-refractivity contribution is -0.125. The first-order valence-electron chi connectivity index (χ1n) is 5.99. The van der Waals surface area contributed by atoms with Crippen LogP contribution in [0, 0.1) is 5.82 Å². The fourth-order valence-electron chi connectivity index (χ4n) is 1.57. The zero-order valence-electron chi connectivity index (χ0n) is 10.0. The van der Waals surface area contributed by atoms with Gasteiger partial charge in [0.05, 0.1) is 25.9 Å². The second-order valence-corrected chi connectivity index (χ2v) is 4.21. The molecule has 0 spiro atoms. The minimum atomic E-state index is -0.288. The average molecular weight is 253 g/mol. The first kappa shape index (κ1) is 12.8. The smallest absolute Gasteiger partial charge is 0.220 e. The Morgan fingerprint density at radius 3 is 2.72 bits per heavy atom. The molecule has 1 aliphatic heterocycles. The second kappa shape index (κ2) is 6.35. The summed E-state index contributed by atoms with van der Waals surface area (Å²) in [4.78, 5) is 11.4. The lowest BCUT2D eigenvalue weighted by Crippen LogP contribution is -2.48. The molecule has 0 radical (unpaired) electrons. The summed E-state index contributed by atoms with van der Waals surface area (Å²) < 4.78 is 23.0. The van der Waals surface area contributed by atoms with Crippen molar-refractivity contribution in [3.05, 3.63) is 30.1 Å². The Bertz CT molecular complexity index is 390. The SMILES string of the molecule is O=C(CCCOc1ccc(F)cc1)NC1COC1. The van der Waals surface area contributed by atoms with Crippen LogP contribution in [0.2, 0.25) is 0 Å². The van der Waals surface area contributed by atoms with Crippen LogP contribution in [-0.4, -0.2) is 31.8 Å². The Morgan fingerprint density at radius 2 is 2.11 bits per heavy atom. The van der Waals surface area contributed by atoms with Crippen molar-refractivity contribution in [2.24, 2.45) is 0 Å². The van der Waals surface area contributed by atoms with Crippen molar-refractivity contribution in [3.8, 4) is 5.75 Å². The van der Waals surface area contributed by atoms with Gasteiger partial charge in [0.2, 0.25) is 5.91 Å². The number of ether oxygens (including phenoxy) is 2. The number of nitrogens with one attached hydrogen (secondary N) is 1. The number of hydrogen-bond acceptors (Lipinski definition) is 3. The van der Waals surface area contributed by atoms with Gasteiger partial charge >= 0.3 is 0 Å². The summed E-state index contributed by atoms with van der Waals surface area (Å²) in [5, 5.41) is 2.85. The van der Waals surface area contributed by atoms with Gasteiger partial charge in [0.1, 0.15) is 11.6 Å². The van der Waals surface area contributed by atoms with Gasteiger partial charge in [-0.25, -0.2) is 4.39 Å². The van der Waals surface area contributed by atoms with E-state index in [1.807, 2.05) is 0 Å². The molecule has 0 atom stereocenters. The highest BCUT2D eigenvalue weighted by Crippen LogP contribution is 2.11. The molecule has 98 valence electrons. The van der Waals surface area contributed by atoms with Crippen molar-refractivity contribution in [2.75, 3.05) is 19.8 Å². The number of benzene rings is 1. The summed E-state index contributed by atoms with van der Waals surface area (Å²) in [6.07, 6.45) is 1.06. The predicted octanol–water partition coefficient (Wildman–Crippen LogP) is 1.50. The van der Waals surface area contributed by atoms with Gasteiger partial charge in [-0.15, -0.1) is 0 Å². The molecule has 0 bridgehead atoms. The van der Waals surface area contributed by atoms with E-state index in [1.54, 1.807) is 12.1 Å². The maximum Gasteiger partial charge on any atom is 0.220 e. The van der Waals surface area contributed by atoms with Crippen LogP contribution in [0.4, 0.5) is 4.39 Å². The number of halogens is 1. The van der Waals surface area contributed by atoms with Gasteiger partial charge in [0.25, 0.3) is 0 Å². The number of rotatable bonds is 6. The molecule has 1 saturated heterocycles. The third kappa shape index (κ3) is 4.00. The third-order valence-corrected chi connectivity index (χ3v) is 2.63. The molecule has 5 heteroatoms. The second-order valence-electron chi connectivity index (χ2n) is 4.21. The zero-order valence-corrected chi connectivity index (χ0v) is 10.0. The van der Waals surface area contributed by atoms with Crippen LogP contribution in [0.25, 0.3) is 0 Å². The molecule has 1 aliphatic rings. The van der Waals surface area contributed by atoms with E-state index >= 15 is 0 Å². The Balaban J connectivity index is 1.57. The summed E-state index contributed by atoms with van der Waals surface area (Å²) >= 11 is 0. The summed E-state index contributed by atoms with van der Waals surface area (Å²) in [6, 6.07) is 6.01. The lowest BCUT2D eigenvalue weighted by Gasteiger charge is -2.26. The topological polar surface area (TPSA) is 47.6 Å². The number of amides is 1. The van der Waals surface area contributed by atoms with E-state index in [0.29, 0.717) is 38.4 Å². The van der Waals surface area contributed by atoms with Gasteiger partial charge in [-0.3, -0.25) is 4.79 Å². The minimum Gasteiger partial charge on any atom is -0.494 e. The summed E-state index contributed by atoms with van der Waals surface area (Å²) in [5.41, 5.74) is 0. The molecule has 4 nitrogen and oxygen atoms in total. The minimum absolute atomic E-state index is 0.0195. The van der Waals surface area contributed by atoms with E-state index in [1.165, 1.54) is 12.1 Å². The van der Waals surface area contributed by atoms with E-state index < -0.39 is 0 Å². The van der Waals surface area contributed by atoms with Gasteiger partial charge in [0.15, 0.2) is 0 Å².